The molecule has 0 fully saturated rings. The highest BCUT2D eigenvalue weighted by Gasteiger charge is 2.10. The van der Waals surface area contributed by atoms with Gasteiger partial charge in [-0.25, -0.2) is 0 Å². The number of nitrogens with one attached hydrogen (secondary N) is 3. The molecule has 2 rings (SSSR count). The van der Waals surface area contributed by atoms with Gasteiger partial charge in [-0.05, 0) is 61.5 Å². The monoisotopic (exact) mass is 385 g/mol. The number of anilines is 2. The molecule has 0 radical (unpaired) electrons. The van der Waals surface area contributed by atoms with Crippen LogP contribution in [-0.2, 0) is 4.79 Å². The molecule has 0 aliphatic carbocycles. The van der Waals surface area contributed by atoms with Crippen molar-refractivity contribution >= 4 is 40.5 Å². The number of carbonyl (C=O) groups excluding carboxylic acids is 2. The van der Waals surface area contributed by atoms with Crippen LogP contribution >= 0.6 is 12.2 Å². The Morgan fingerprint density at radius 3 is 2.59 bits per heavy atom. The lowest BCUT2D eigenvalue weighted by Crippen LogP contribution is -2.34. The topological polar surface area (TPSA) is 79.5 Å². The molecule has 2 aromatic carbocycles. The van der Waals surface area contributed by atoms with Crippen molar-refractivity contribution in [2.45, 2.75) is 27.2 Å². The number of rotatable bonds is 6. The van der Waals surface area contributed by atoms with Gasteiger partial charge in [0.2, 0.25) is 5.91 Å². The summed E-state index contributed by atoms with van der Waals surface area (Å²) >= 11 is 5.22. The van der Waals surface area contributed by atoms with Crippen molar-refractivity contribution in [2.75, 3.05) is 17.2 Å². The van der Waals surface area contributed by atoms with E-state index in [1.165, 1.54) is 6.92 Å². The smallest absolute Gasteiger partial charge is 0.257 e. The van der Waals surface area contributed by atoms with Gasteiger partial charge in [-0.1, -0.05) is 19.1 Å². The van der Waals surface area contributed by atoms with Crippen LogP contribution in [0.25, 0.3) is 0 Å². The molecule has 7 heteroatoms. The summed E-state index contributed by atoms with van der Waals surface area (Å²) in [7, 11) is 0. The molecule has 6 nitrogen and oxygen atoms in total. The zero-order chi connectivity index (χ0) is 19.8. The Morgan fingerprint density at radius 1 is 1.11 bits per heavy atom. The quantitative estimate of drug-likeness (QED) is 0.658. The molecule has 0 heterocycles. The second-order valence-corrected chi connectivity index (χ2v) is 6.40. The van der Waals surface area contributed by atoms with E-state index in [0.717, 1.165) is 12.0 Å². The minimum Gasteiger partial charge on any atom is -0.494 e. The summed E-state index contributed by atoms with van der Waals surface area (Å²) < 4.78 is 5.54. The van der Waals surface area contributed by atoms with E-state index < -0.39 is 0 Å². The summed E-state index contributed by atoms with van der Waals surface area (Å²) in [5.41, 5.74) is 2.72. The predicted octanol–water partition coefficient (Wildman–Crippen LogP) is 3.87. The van der Waals surface area contributed by atoms with Crippen LogP contribution < -0.4 is 20.7 Å². The molecule has 0 saturated carbocycles. The minimum atomic E-state index is -0.330. The normalized spacial score (nSPS) is 10.0. The maximum Gasteiger partial charge on any atom is 0.257 e. The fourth-order valence-electron chi connectivity index (χ4n) is 2.31. The van der Waals surface area contributed by atoms with Crippen molar-refractivity contribution < 1.29 is 14.3 Å². The molecule has 3 N–H and O–H groups in total. The van der Waals surface area contributed by atoms with Crippen LogP contribution in [0.1, 0.15) is 36.2 Å². The third-order valence-corrected chi connectivity index (χ3v) is 3.81. The number of thiocarbonyl (C=S) groups is 1. The molecule has 142 valence electrons. The Balaban J connectivity index is 2.01. The number of aryl methyl sites for hydroxylation is 1. The fourth-order valence-corrected chi connectivity index (χ4v) is 2.52. The molecular formula is C20H23N3O3S. The second kappa shape index (κ2) is 9.68. The van der Waals surface area contributed by atoms with Crippen LogP contribution in [0.15, 0.2) is 42.5 Å². The van der Waals surface area contributed by atoms with E-state index in [0.29, 0.717) is 29.3 Å². The number of hydrogen-bond acceptors (Lipinski definition) is 4. The van der Waals surface area contributed by atoms with Crippen LogP contribution in [0, 0.1) is 6.92 Å². The van der Waals surface area contributed by atoms with E-state index in [1.807, 2.05) is 26.0 Å². The molecule has 2 aromatic rings. The largest absolute Gasteiger partial charge is 0.494 e. The first kappa shape index (κ1) is 20.4. The molecule has 0 bridgehead atoms. The van der Waals surface area contributed by atoms with E-state index in [9.17, 15) is 9.59 Å². The maximum absolute atomic E-state index is 12.4. The Labute approximate surface area is 164 Å². The molecule has 27 heavy (non-hydrogen) atoms. The van der Waals surface area contributed by atoms with Crippen LogP contribution in [0.2, 0.25) is 0 Å². The first-order chi connectivity index (χ1) is 12.9. The predicted molar refractivity (Wildman–Crippen MR) is 111 cm³/mol. The van der Waals surface area contributed by atoms with Crippen molar-refractivity contribution in [3.63, 3.8) is 0 Å². The summed E-state index contributed by atoms with van der Waals surface area (Å²) in [4.78, 5) is 23.7. The van der Waals surface area contributed by atoms with Gasteiger partial charge in [0.05, 0.1) is 6.61 Å². The number of benzene rings is 2. The van der Waals surface area contributed by atoms with E-state index in [-0.39, 0.29) is 16.9 Å². The highest BCUT2D eigenvalue weighted by molar-refractivity contribution is 7.80. The molecule has 0 saturated heterocycles. The van der Waals surface area contributed by atoms with E-state index in [1.54, 1.807) is 30.3 Å². The summed E-state index contributed by atoms with van der Waals surface area (Å²) in [6.07, 6.45) is 0.890. The highest BCUT2D eigenvalue weighted by atomic mass is 32.1. The molecule has 0 aliphatic heterocycles. The molecule has 0 spiro atoms. The van der Waals surface area contributed by atoms with E-state index in [2.05, 4.69) is 16.0 Å². The lowest BCUT2D eigenvalue weighted by Gasteiger charge is -2.13. The molecular weight excluding hydrogens is 362 g/mol. The Bertz CT molecular complexity index is 852. The number of ether oxygens (including phenoxy) is 1. The lowest BCUT2D eigenvalue weighted by atomic mass is 10.2. The maximum atomic E-state index is 12.4. The van der Waals surface area contributed by atoms with Crippen molar-refractivity contribution in [2.24, 2.45) is 0 Å². The van der Waals surface area contributed by atoms with Gasteiger partial charge in [-0.3, -0.25) is 14.9 Å². The molecule has 2 amide bonds. The van der Waals surface area contributed by atoms with Gasteiger partial charge in [0.25, 0.3) is 5.91 Å². The average Bonchev–Trinajstić information content (AvgIpc) is 2.62. The average molecular weight is 385 g/mol. The summed E-state index contributed by atoms with van der Waals surface area (Å²) in [5.74, 6) is 0.154. The number of carbonyl (C=O) groups is 2. The second-order valence-electron chi connectivity index (χ2n) is 6.00. The van der Waals surface area contributed by atoms with Gasteiger partial charge >= 0.3 is 0 Å². The van der Waals surface area contributed by atoms with Crippen LogP contribution in [0.5, 0.6) is 5.75 Å². The third-order valence-electron chi connectivity index (χ3n) is 3.60. The Kier molecular flexibility index (Phi) is 7.31. The summed E-state index contributed by atoms with van der Waals surface area (Å²) in [5, 5.41) is 8.51. The zero-order valence-corrected chi connectivity index (χ0v) is 16.4. The fraction of sp³-hybridized carbons (Fsp3) is 0.250. The highest BCUT2D eigenvalue weighted by Crippen LogP contribution is 2.20. The van der Waals surface area contributed by atoms with Crippen molar-refractivity contribution in [1.29, 1.82) is 0 Å². The van der Waals surface area contributed by atoms with E-state index in [4.69, 9.17) is 17.0 Å². The van der Waals surface area contributed by atoms with Gasteiger partial charge in [0, 0.05) is 23.9 Å². The molecule has 0 aromatic heterocycles. The van der Waals surface area contributed by atoms with Crippen molar-refractivity contribution in [3.05, 3.63) is 53.6 Å². The molecule has 0 atom stereocenters. The van der Waals surface area contributed by atoms with Crippen LogP contribution in [0.3, 0.4) is 0 Å². The SMILES string of the molecule is CCCOc1cccc(C(=O)NC(=S)Nc2ccc(C)c(NC(C)=O)c2)c1. The zero-order valence-electron chi connectivity index (χ0n) is 15.6. The van der Waals surface area contributed by atoms with Crippen LogP contribution in [0.4, 0.5) is 11.4 Å². The van der Waals surface area contributed by atoms with Gasteiger partial charge in [-0.2, -0.15) is 0 Å². The third kappa shape index (κ3) is 6.38. The van der Waals surface area contributed by atoms with Crippen molar-refractivity contribution in [1.82, 2.24) is 5.32 Å². The minimum absolute atomic E-state index is 0.156. The Hall–Kier alpha value is -2.93. The number of hydrogen-bond donors (Lipinski definition) is 3. The van der Waals surface area contributed by atoms with Gasteiger partial charge in [0.15, 0.2) is 5.11 Å². The first-order valence-electron chi connectivity index (χ1n) is 8.62. The van der Waals surface area contributed by atoms with Gasteiger partial charge in [0.1, 0.15) is 5.75 Å². The standard InChI is InChI=1S/C20H23N3O3S/c1-4-10-26-17-7-5-6-15(11-17)19(25)23-20(27)22-16-9-8-13(2)18(12-16)21-14(3)24/h5-9,11-12H,4,10H2,1-3H3,(H,21,24)(H2,22,23,25,27). The van der Waals surface area contributed by atoms with Gasteiger partial charge < -0.3 is 15.4 Å². The molecule has 0 unspecified atom stereocenters. The number of amides is 2. The summed E-state index contributed by atoms with van der Waals surface area (Å²) in [6.45, 7) is 5.95. The van der Waals surface area contributed by atoms with Gasteiger partial charge in [-0.15, -0.1) is 0 Å². The van der Waals surface area contributed by atoms with E-state index >= 15 is 0 Å². The molecule has 0 aliphatic rings. The Morgan fingerprint density at radius 2 is 1.89 bits per heavy atom. The first-order valence-corrected chi connectivity index (χ1v) is 9.03. The van der Waals surface area contributed by atoms with Crippen LogP contribution in [-0.4, -0.2) is 23.5 Å². The van der Waals surface area contributed by atoms with Crippen molar-refractivity contribution in [3.8, 4) is 5.75 Å². The summed E-state index contributed by atoms with van der Waals surface area (Å²) in [6, 6.07) is 12.4. The lowest BCUT2D eigenvalue weighted by molar-refractivity contribution is -0.114.